The summed E-state index contributed by atoms with van der Waals surface area (Å²) in [7, 11) is 1.58. The molecular weight excluding hydrogens is 132 g/mol. The van der Waals surface area contributed by atoms with Crippen molar-refractivity contribution in [3.05, 3.63) is 5.69 Å². The second kappa shape index (κ2) is 2.66. The number of rotatable bonds is 2. The number of hydrogen-bond donors (Lipinski definition) is 1. The summed E-state index contributed by atoms with van der Waals surface area (Å²) >= 11 is 0. The van der Waals surface area contributed by atoms with Gasteiger partial charge in [-0.15, -0.1) is 5.10 Å². The maximum Gasteiger partial charge on any atom is 0.169 e. The van der Waals surface area contributed by atoms with Crippen molar-refractivity contribution in [3.8, 4) is 0 Å². The highest BCUT2D eigenvalue weighted by Crippen LogP contribution is 2.00. The summed E-state index contributed by atoms with van der Waals surface area (Å²) in [6, 6.07) is 0. The molecule has 0 saturated heterocycles. The van der Waals surface area contributed by atoms with Crippen molar-refractivity contribution in [2.75, 3.05) is 12.8 Å². The Hall–Kier alpha value is -1.10. The lowest BCUT2D eigenvalue weighted by atomic mass is 10.5. The fraction of sp³-hybridized carbons (Fsp3) is 0.600. The Morgan fingerprint density at radius 3 is 2.70 bits per heavy atom. The molecule has 0 saturated carbocycles. The van der Waals surface area contributed by atoms with Gasteiger partial charge in [-0.2, -0.15) is 9.90 Å². The van der Waals surface area contributed by atoms with Gasteiger partial charge in [0.15, 0.2) is 12.5 Å². The maximum atomic E-state index is 5.42. The van der Waals surface area contributed by atoms with E-state index >= 15 is 0 Å². The van der Waals surface area contributed by atoms with Crippen LogP contribution in [0.15, 0.2) is 0 Å². The molecule has 0 aromatic carbocycles. The van der Waals surface area contributed by atoms with E-state index in [1.165, 1.54) is 4.80 Å². The van der Waals surface area contributed by atoms with Gasteiger partial charge in [-0.3, -0.25) is 0 Å². The molecule has 0 bridgehead atoms. The summed E-state index contributed by atoms with van der Waals surface area (Å²) in [6.07, 6.45) is 0. The molecule has 0 aliphatic carbocycles. The molecule has 0 aliphatic heterocycles. The zero-order valence-electron chi connectivity index (χ0n) is 6.03. The summed E-state index contributed by atoms with van der Waals surface area (Å²) in [6.45, 7) is 2.15. The fourth-order valence-corrected chi connectivity index (χ4v) is 0.617. The number of methoxy groups -OCH3 is 1. The zero-order chi connectivity index (χ0) is 7.56. The minimum Gasteiger partial charge on any atom is -0.381 e. The van der Waals surface area contributed by atoms with E-state index in [4.69, 9.17) is 10.5 Å². The Bertz CT molecular complexity index is 200. The smallest absolute Gasteiger partial charge is 0.169 e. The van der Waals surface area contributed by atoms with Crippen LogP contribution in [0.25, 0.3) is 0 Å². The fourth-order valence-electron chi connectivity index (χ4n) is 0.617. The lowest BCUT2D eigenvalue weighted by Gasteiger charge is -1.93. The first-order chi connectivity index (χ1) is 4.74. The molecular formula is C5H10N4O. The molecule has 0 radical (unpaired) electrons. The largest absolute Gasteiger partial charge is 0.381 e. The molecule has 0 spiro atoms. The molecule has 10 heavy (non-hydrogen) atoms. The number of nitrogens with zero attached hydrogens (tertiary/aromatic N) is 3. The van der Waals surface area contributed by atoms with Crippen molar-refractivity contribution in [2.24, 2.45) is 0 Å². The Kier molecular flexibility index (Phi) is 1.86. The van der Waals surface area contributed by atoms with Gasteiger partial charge in [-0.1, -0.05) is 0 Å². The SMILES string of the molecule is COCn1nc(C)c(N)n1. The first-order valence-electron chi connectivity index (χ1n) is 2.90. The van der Waals surface area contributed by atoms with Gasteiger partial charge in [-0.25, -0.2) is 0 Å². The zero-order valence-corrected chi connectivity index (χ0v) is 6.03. The third kappa shape index (κ3) is 1.24. The quantitative estimate of drug-likeness (QED) is 0.619. The van der Waals surface area contributed by atoms with E-state index in [0.717, 1.165) is 5.69 Å². The number of nitrogens with two attached hydrogens (primary N) is 1. The molecule has 1 rings (SSSR count). The van der Waals surface area contributed by atoms with Crippen LogP contribution in [0, 0.1) is 6.92 Å². The van der Waals surface area contributed by atoms with Crippen molar-refractivity contribution >= 4 is 5.82 Å². The third-order valence-electron chi connectivity index (χ3n) is 1.10. The first kappa shape index (κ1) is 7.01. The van der Waals surface area contributed by atoms with Crippen molar-refractivity contribution in [2.45, 2.75) is 13.7 Å². The lowest BCUT2D eigenvalue weighted by Crippen LogP contribution is -2.03. The second-order valence-corrected chi connectivity index (χ2v) is 1.96. The van der Waals surface area contributed by atoms with Gasteiger partial charge in [0, 0.05) is 7.11 Å². The number of aryl methyl sites for hydroxylation is 1. The minimum absolute atomic E-state index is 0.345. The first-order valence-corrected chi connectivity index (χ1v) is 2.90. The molecule has 0 aliphatic rings. The number of nitrogen functional groups attached to an aromatic ring is 1. The molecule has 5 heteroatoms. The molecule has 0 fully saturated rings. The summed E-state index contributed by atoms with van der Waals surface area (Å²) < 4.78 is 4.78. The summed E-state index contributed by atoms with van der Waals surface area (Å²) in [5.74, 6) is 0.456. The summed E-state index contributed by atoms with van der Waals surface area (Å²) in [5.41, 5.74) is 6.15. The van der Waals surface area contributed by atoms with Crippen molar-refractivity contribution < 1.29 is 4.74 Å². The lowest BCUT2D eigenvalue weighted by molar-refractivity contribution is 0.108. The minimum atomic E-state index is 0.345. The van der Waals surface area contributed by atoms with Crippen molar-refractivity contribution in [1.82, 2.24) is 15.0 Å². The van der Waals surface area contributed by atoms with Gasteiger partial charge >= 0.3 is 0 Å². The molecule has 56 valence electrons. The Balaban J connectivity index is 2.77. The highest BCUT2D eigenvalue weighted by Gasteiger charge is 1.99. The van der Waals surface area contributed by atoms with E-state index in [2.05, 4.69) is 10.2 Å². The van der Waals surface area contributed by atoms with Crippen LogP contribution in [0.2, 0.25) is 0 Å². The van der Waals surface area contributed by atoms with E-state index in [1.54, 1.807) is 14.0 Å². The van der Waals surface area contributed by atoms with Crippen LogP contribution in [-0.2, 0) is 11.5 Å². The normalized spacial score (nSPS) is 10.2. The monoisotopic (exact) mass is 142 g/mol. The van der Waals surface area contributed by atoms with Crippen LogP contribution < -0.4 is 5.73 Å². The molecule has 0 amide bonds. The van der Waals surface area contributed by atoms with E-state index < -0.39 is 0 Å². The van der Waals surface area contributed by atoms with E-state index in [9.17, 15) is 0 Å². The highest BCUT2D eigenvalue weighted by atomic mass is 16.5. The standard InChI is InChI=1S/C5H10N4O/c1-4-5(6)8-9(7-4)3-10-2/h3H2,1-2H3,(H2,6,8). The van der Waals surface area contributed by atoms with Crippen LogP contribution in [0.3, 0.4) is 0 Å². The number of hydrogen-bond acceptors (Lipinski definition) is 4. The summed E-state index contributed by atoms with van der Waals surface area (Å²) in [4.78, 5) is 1.41. The van der Waals surface area contributed by atoms with Crippen LogP contribution >= 0.6 is 0 Å². The molecule has 5 nitrogen and oxygen atoms in total. The van der Waals surface area contributed by atoms with E-state index in [0.29, 0.717) is 12.5 Å². The maximum absolute atomic E-state index is 5.42. The predicted molar refractivity (Wildman–Crippen MR) is 36.2 cm³/mol. The molecule has 2 N–H and O–H groups in total. The van der Waals surface area contributed by atoms with Crippen LogP contribution in [-0.4, -0.2) is 22.1 Å². The van der Waals surface area contributed by atoms with Gasteiger partial charge < -0.3 is 10.5 Å². The molecule has 1 aromatic heterocycles. The van der Waals surface area contributed by atoms with Gasteiger partial charge in [0.25, 0.3) is 0 Å². The Morgan fingerprint density at radius 2 is 2.30 bits per heavy atom. The number of aromatic nitrogens is 3. The number of ether oxygens (including phenoxy) is 1. The average molecular weight is 142 g/mol. The van der Waals surface area contributed by atoms with E-state index in [1.807, 2.05) is 0 Å². The van der Waals surface area contributed by atoms with Crippen LogP contribution in [0.1, 0.15) is 5.69 Å². The van der Waals surface area contributed by atoms with Gasteiger partial charge in [0.1, 0.15) is 5.69 Å². The van der Waals surface area contributed by atoms with Crippen molar-refractivity contribution in [3.63, 3.8) is 0 Å². The third-order valence-corrected chi connectivity index (χ3v) is 1.10. The van der Waals surface area contributed by atoms with Gasteiger partial charge in [0.2, 0.25) is 0 Å². The highest BCUT2D eigenvalue weighted by molar-refractivity contribution is 5.30. The van der Waals surface area contributed by atoms with Crippen molar-refractivity contribution in [1.29, 1.82) is 0 Å². The molecule has 1 aromatic rings. The Morgan fingerprint density at radius 1 is 1.60 bits per heavy atom. The predicted octanol–water partition coefficient (Wildman–Crippen LogP) is -0.227. The average Bonchev–Trinajstić information content (AvgIpc) is 2.14. The second-order valence-electron chi connectivity index (χ2n) is 1.96. The molecule has 1 heterocycles. The van der Waals surface area contributed by atoms with Gasteiger partial charge in [0.05, 0.1) is 0 Å². The molecule has 0 atom stereocenters. The van der Waals surface area contributed by atoms with Crippen LogP contribution in [0.5, 0.6) is 0 Å². The van der Waals surface area contributed by atoms with E-state index in [-0.39, 0.29) is 0 Å². The Labute approximate surface area is 58.8 Å². The van der Waals surface area contributed by atoms with Crippen LogP contribution in [0.4, 0.5) is 5.82 Å². The number of anilines is 1. The van der Waals surface area contributed by atoms with Gasteiger partial charge in [-0.05, 0) is 6.92 Å². The summed E-state index contributed by atoms with van der Waals surface area (Å²) in [5, 5.41) is 7.81. The topological polar surface area (TPSA) is 66.0 Å². The molecule has 0 unspecified atom stereocenters.